The van der Waals surface area contributed by atoms with Gasteiger partial charge in [0.25, 0.3) is 5.91 Å². The summed E-state index contributed by atoms with van der Waals surface area (Å²) in [6.07, 6.45) is 3.14. The molecule has 0 aliphatic carbocycles. The molecular formula is C24H19ClN4O3S. The van der Waals surface area contributed by atoms with Gasteiger partial charge in [-0.15, -0.1) is 0 Å². The molecule has 0 saturated carbocycles. The second-order valence-corrected chi connectivity index (χ2v) is 9.26. The average molecular weight is 479 g/mol. The zero-order chi connectivity index (χ0) is 23.6. The van der Waals surface area contributed by atoms with Crippen molar-refractivity contribution in [3.05, 3.63) is 95.8 Å². The Morgan fingerprint density at radius 3 is 2.18 bits per heavy atom. The third-order valence-electron chi connectivity index (χ3n) is 5.02. The number of carbonyl (C=O) groups excluding carboxylic acids is 1. The Bertz CT molecular complexity index is 1420. The highest BCUT2D eigenvalue weighted by Crippen LogP contribution is 2.35. The van der Waals surface area contributed by atoms with Gasteiger partial charge >= 0.3 is 0 Å². The molecule has 0 spiro atoms. The summed E-state index contributed by atoms with van der Waals surface area (Å²) in [7, 11) is -3.84. The lowest BCUT2D eigenvalue weighted by molar-refractivity contribution is 0.102. The van der Waals surface area contributed by atoms with Crippen LogP contribution in [0.2, 0.25) is 5.02 Å². The quantitative estimate of drug-likeness (QED) is 0.362. The predicted molar refractivity (Wildman–Crippen MR) is 130 cm³/mol. The molecule has 5 N–H and O–H groups in total. The van der Waals surface area contributed by atoms with Gasteiger partial charge in [0.1, 0.15) is 0 Å². The molecule has 0 atom stereocenters. The van der Waals surface area contributed by atoms with Crippen molar-refractivity contribution in [2.24, 2.45) is 5.14 Å². The second kappa shape index (κ2) is 9.03. The highest BCUT2D eigenvalue weighted by molar-refractivity contribution is 7.89. The molecule has 4 aromatic rings. The van der Waals surface area contributed by atoms with Gasteiger partial charge in [-0.2, -0.15) is 0 Å². The number of halogens is 1. The lowest BCUT2D eigenvalue weighted by atomic mass is 9.93. The van der Waals surface area contributed by atoms with E-state index in [2.05, 4.69) is 10.3 Å². The molecule has 0 aliphatic rings. The SMILES string of the molecule is Nc1c(C(=O)Nc2cccnc2)cc(-c2ccc(Cl)cc2)cc1-c1ccc(S(N)(=O)=O)cc1. The Labute approximate surface area is 196 Å². The molecule has 33 heavy (non-hydrogen) atoms. The monoisotopic (exact) mass is 478 g/mol. The topological polar surface area (TPSA) is 128 Å². The minimum Gasteiger partial charge on any atom is -0.398 e. The van der Waals surface area contributed by atoms with Crippen molar-refractivity contribution in [1.29, 1.82) is 0 Å². The van der Waals surface area contributed by atoms with E-state index in [9.17, 15) is 13.2 Å². The van der Waals surface area contributed by atoms with Gasteiger partial charge in [-0.05, 0) is 65.2 Å². The van der Waals surface area contributed by atoms with E-state index in [1.807, 2.05) is 18.2 Å². The average Bonchev–Trinajstić information content (AvgIpc) is 2.80. The molecule has 0 radical (unpaired) electrons. The van der Waals surface area contributed by atoms with E-state index in [1.54, 1.807) is 48.7 Å². The minimum absolute atomic E-state index is 0.0202. The van der Waals surface area contributed by atoms with Crippen LogP contribution in [0.3, 0.4) is 0 Å². The first-order valence-corrected chi connectivity index (χ1v) is 11.7. The lowest BCUT2D eigenvalue weighted by Gasteiger charge is -2.15. The number of nitrogens with one attached hydrogen (secondary N) is 1. The van der Waals surface area contributed by atoms with Gasteiger partial charge in [-0.1, -0.05) is 35.9 Å². The summed E-state index contributed by atoms with van der Waals surface area (Å²) in [6, 6.07) is 20.1. The van der Waals surface area contributed by atoms with Crippen LogP contribution >= 0.6 is 11.6 Å². The predicted octanol–water partition coefficient (Wildman–Crippen LogP) is 4.55. The zero-order valence-electron chi connectivity index (χ0n) is 17.2. The third kappa shape index (κ3) is 5.04. The number of hydrogen-bond donors (Lipinski definition) is 3. The minimum atomic E-state index is -3.84. The molecule has 0 saturated heterocycles. The van der Waals surface area contributed by atoms with Gasteiger partial charge in [0.15, 0.2) is 0 Å². The van der Waals surface area contributed by atoms with Crippen molar-refractivity contribution in [2.75, 3.05) is 11.1 Å². The van der Waals surface area contributed by atoms with Crippen LogP contribution in [0.15, 0.2) is 90.1 Å². The van der Waals surface area contributed by atoms with Crippen LogP contribution in [0.4, 0.5) is 11.4 Å². The van der Waals surface area contributed by atoms with E-state index in [1.165, 1.54) is 18.3 Å². The van der Waals surface area contributed by atoms with E-state index in [4.69, 9.17) is 22.5 Å². The normalized spacial score (nSPS) is 11.2. The number of pyridine rings is 1. The van der Waals surface area contributed by atoms with Crippen molar-refractivity contribution in [3.8, 4) is 22.3 Å². The summed E-state index contributed by atoms with van der Waals surface area (Å²) in [5.74, 6) is -0.404. The van der Waals surface area contributed by atoms with E-state index in [0.29, 0.717) is 21.8 Å². The molecule has 166 valence electrons. The number of nitrogens with zero attached hydrogens (tertiary/aromatic N) is 1. The Kier molecular flexibility index (Phi) is 6.15. The summed E-state index contributed by atoms with van der Waals surface area (Å²) < 4.78 is 23.2. The number of anilines is 2. The van der Waals surface area contributed by atoms with Crippen LogP contribution in [0, 0.1) is 0 Å². The van der Waals surface area contributed by atoms with Gasteiger partial charge in [-0.3, -0.25) is 9.78 Å². The maximum absolute atomic E-state index is 13.1. The third-order valence-corrected chi connectivity index (χ3v) is 6.20. The number of primary sulfonamides is 1. The first-order chi connectivity index (χ1) is 15.7. The molecule has 1 heterocycles. The van der Waals surface area contributed by atoms with E-state index < -0.39 is 15.9 Å². The molecular weight excluding hydrogens is 460 g/mol. The summed E-state index contributed by atoms with van der Waals surface area (Å²) in [6.45, 7) is 0. The van der Waals surface area contributed by atoms with Crippen LogP contribution in [0.1, 0.15) is 10.4 Å². The lowest BCUT2D eigenvalue weighted by Crippen LogP contribution is -2.15. The van der Waals surface area contributed by atoms with Crippen molar-refractivity contribution < 1.29 is 13.2 Å². The van der Waals surface area contributed by atoms with Gasteiger partial charge in [0.05, 0.1) is 28.0 Å². The number of sulfonamides is 1. The van der Waals surface area contributed by atoms with Crippen LogP contribution in [-0.2, 0) is 10.0 Å². The standard InChI is InChI=1S/C24H19ClN4O3S/c25-18-7-3-15(4-8-18)17-12-21(16-5-9-20(10-6-16)33(27,31)32)23(26)22(13-17)24(30)29-19-2-1-11-28-14-19/h1-14H,26H2,(H,29,30)(H2,27,31,32). The molecule has 0 unspecified atom stereocenters. The number of carbonyl (C=O) groups is 1. The summed E-state index contributed by atoms with van der Waals surface area (Å²) >= 11 is 6.03. The molecule has 7 nitrogen and oxygen atoms in total. The Morgan fingerprint density at radius 1 is 0.909 bits per heavy atom. The van der Waals surface area contributed by atoms with E-state index in [0.717, 1.165) is 11.1 Å². The van der Waals surface area contributed by atoms with Crippen molar-refractivity contribution in [2.45, 2.75) is 4.90 Å². The van der Waals surface area contributed by atoms with Gasteiger partial charge in [0.2, 0.25) is 10.0 Å². The number of benzene rings is 3. The molecule has 3 aromatic carbocycles. The highest BCUT2D eigenvalue weighted by Gasteiger charge is 2.18. The molecule has 4 rings (SSSR count). The van der Waals surface area contributed by atoms with Gasteiger partial charge < -0.3 is 11.1 Å². The number of nitrogens with two attached hydrogens (primary N) is 2. The molecule has 0 bridgehead atoms. The Balaban J connectivity index is 1.84. The fraction of sp³-hybridized carbons (Fsp3) is 0. The van der Waals surface area contributed by atoms with Crippen molar-refractivity contribution in [1.82, 2.24) is 4.98 Å². The van der Waals surface area contributed by atoms with Gasteiger partial charge in [-0.25, -0.2) is 13.6 Å². The van der Waals surface area contributed by atoms with Gasteiger partial charge in [0, 0.05) is 16.8 Å². The summed E-state index contributed by atoms with van der Waals surface area (Å²) in [5.41, 5.74) is 10.2. The Hall–Kier alpha value is -3.72. The van der Waals surface area contributed by atoms with Crippen molar-refractivity contribution in [3.63, 3.8) is 0 Å². The maximum atomic E-state index is 13.1. The molecule has 0 fully saturated rings. The first kappa shape index (κ1) is 22.5. The van der Waals surface area contributed by atoms with E-state index >= 15 is 0 Å². The molecule has 1 amide bonds. The van der Waals surface area contributed by atoms with Crippen LogP contribution < -0.4 is 16.2 Å². The fourth-order valence-corrected chi connectivity index (χ4v) is 3.99. The molecule has 9 heteroatoms. The number of amides is 1. The maximum Gasteiger partial charge on any atom is 0.257 e. The number of nitrogen functional groups attached to an aromatic ring is 1. The highest BCUT2D eigenvalue weighted by atomic mass is 35.5. The molecule has 1 aromatic heterocycles. The van der Waals surface area contributed by atoms with Crippen LogP contribution in [-0.4, -0.2) is 19.3 Å². The van der Waals surface area contributed by atoms with Crippen LogP contribution in [0.5, 0.6) is 0 Å². The van der Waals surface area contributed by atoms with E-state index in [-0.39, 0.29) is 16.1 Å². The summed E-state index contributed by atoms with van der Waals surface area (Å²) in [4.78, 5) is 17.1. The fourth-order valence-electron chi connectivity index (χ4n) is 3.35. The molecule has 0 aliphatic heterocycles. The number of hydrogen-bond acceptors (Lipinski definition) is 5. The summed E-state index contributed by atoms with van der Waals surface area (Å²) in [5, 5.41) is 8.59. The van der Waals surface area contributed by atoms with Crippen molar-refractivity contribution >= 4 is 38.9 Å². The van der Waals surface area contributed by atoms with Crippen LogP contribution in [0.25, 0.3) is 22.3 Å². The number of rotatable bonds is 5. The largest absolute Gasteiger partial charge is 0.398 e. The Morgan fingerprint density at radius 2 is 1.58 bits per heavy atom. The zero-order valence-corrected chi connectivity index (χ0v) is 18.8. The second-order valence-electron chi connectivity index (χ2n) is 7.26. The number of aromatic nitrogens is 1. The first-order valence-electron chi connectivity index (χ1n) is 9.76. The smallest absolute Gasteiger partial charge is 0.257 e.